The van der Waals surface area contributed by atoms with Crippen molar-refractivity contribution in [1.82, 2.24) is 10.2 Å². The van der Waals surface area contributed by atoms with Crippen LogP contribution in [0.25, 0.3) is 0 Å². The number of carbonyl (C=O) groups excluding carboxylic acids is 2. The van der Waals surface area contributed by atoms with Crippen molar-refractivity contribution in [2.45, 2.75) is 13.0 Å². The molecule has 0 bridgehead atoms. The predicted molar refractivity (Wildman–Crippen MR) is 79.5 cm³/mol. The Labute approximate surface area is 126 Å². The molecule has 0 unspecified atom stereocenters. The maximum Gasteiger partial charge on any atom is 0.318 e. The van der Waals surface area contributed by atoms with Crippen LogP contribution in [0.2, 0.25) is 0 Å². The lowest BCUT2D eigenvalue weighted by Crippen LogP contribution is -2.47. The highest BCUT2D eigenvalue weighted by atomic mass is 79.9. The Kier molecular flexibility index (Phi) is 6.47. The van der Waals surface area contributed by atoms with Crippen LogP contribution in [0.15, 0.2) is 28.7 Å². The zero-order chi connectivity index (χ0) is 15.1. The predicted octanol–water partition coefficient (Wildman–Crippen LogP) is 1.34. The van der Waals surface area contributed by atoms with Crippen molar-refractivity contribution < 1.29 is 14.3 Å². The summed E-state index contributed by atoms with van der Waals surface area (Å²) in [5, 5.41) is 2.05. The van der Waals surface area contributed by atoms with Crippen molar-refractivity contribution in [3.05, 3.63) is 28.7 Å². The minimum atomic E-state index is -0.846. The van der Waals surface area contributed by atoms with Gasteiger partial charge in [-0.05, 0) is 38.2 Å². The SMILES string of the molecule is C[C@H](C(=O)NC(N)=O)N(C)CCOc1ccc(Br)cc1. The van der Waals surface area contributed by atoms with Crippen molar-refractivity contribution in [2.24, 2.45) is 5.73 Å². The maximum atomic E-state index is 11.6. The first-order valence-corrected chi connectivity index (χ1v) is 6.88. The monoisotopic (exact) mass is 343 g/mol. The largest absolute Gasteiger partial charge is 0.492 e. The number of ether oxygens (including phenoxy) is 1. The van der Waals surface area contributed by atoms with E-state index in [2.05, 4.69) is 21.2 Å². The third-order valence-corrected chi connectivity index (χ3v) is 3.34. The number of rotatable bonds is 6. The van der Waals surface area contributed by atoms with Crippen LogP contribution < -0.4 is 15.8 Å². The lowest BCUT2D eigenvalue weighted by Gasteiger charge is -2.23. The molecule has 6 nitrogen and oxygen atoms in total. The molecule has 0 heterocycles. The fraction of sp³-hybridized carbons (Fsp3) is 0.385. The molecule has 7 heteroatoms. The Hall–Kier alpha value is -1.60. The maximum absolute atomic E-state index is 11.6. The van der Waals surface area contributed by atoms with Gasteiger partial charge in [-0.25, -0.2) is 4.79 Å². The number of carbonyl (C=O) groups is 2. The smallest absolute Gasteiger partial charge is 0.318 e. The number of hydrogen-bond acceptors (Lipinski definition) is 4. The van der Waals surface area contributed by atoms with E-state index in [0.29, 0.717) is 13.2 Å². The third kappa shape index (κ3) is 5.58. The molecule has 20 heavy (non-hydrogen) atoms. The quantitative estimate of drug-likeness (QED) is 0.816. The van der Waals surface area contributed by atoms with Crippen LogP contribution >= 0.6 is 15.9 Å². The molecule has 3 amide bonds. The van der Waals surface area contributed by atoms with Gasteiger partial charge in [-0.15, -0.1) is 0 Å². The number of nitrogens with two attached hydrogens (primary N) is 1. The first-order valence-electron chi connectivity index (χ1n) is 6.09. The Morgan fingerprint density at radius 3 is 2.55 bits per heavy atom. The lowest BCUT2D eigenvalue weighted by atomic mass is 10.3. The average molecular weight is 344 g/mol. The zero-order valence-electron chi connectivity index (χ0n) is 11.4. The molecule has 1 atom stereocenters. The Morgan fingerprint density at radius 2 is 2.00 bits per heavy atom. The fourth-order valence-corrected chi connectivity index (χ4v) is 1.72. The Morgan fingerprint density at radius 1 is 1.40 bits per heavy atom. The molecule has 110 valence electrons. The summed E-state index contributed by atoms with van der Waals surface area (Å²) in [6.07, 6.45) is 0. The van der Waals surface area contributed by atoms with Gasteiger partial charge in [-0.1, -0.05) is 15.9 Å². The molecule has 0 aliphatic carbocycles. The van der Waals surface area contributed by atoms with Gasteiger partial charge in [-0.2, -0.15) is 0 Å². The molecule has 0 aliphatic heterocycles. The number of amides is 3. The number of imide groups is 1. The van der Waals surface area contributed by atoms with Gasteiger partial charge in [-0.3, -0.25) is 15.0 Å². The minimum absolute atomic E-state index is 0.427. The number of urea groups is 1. The lowest BCUT2D eigenvalue weighted by molar-refractivity contribution is -0.124. The van der Waals surface area contributed by atoms with E-state index in [-0.39, 0.29) is 0 Å². The molecule has 1 aromatic carbocycles. The summed E-state index contributed by atoms with van der Waals surface area (Å²) in [5.74, 6) is 0.333. The number of halogens is 1. The Balaban J connectivity index is 2.35. The van der Waals surface area contributed by atoms with E-state index in [4.69, 9.17) is 10.5 Å². The van der Waals surface area contributed by atoms with Gasteiger partial charge in [0.1, 0.15) is 12.4 Å². The molecule has 0 aliphatic rings. The van der Waals surface area contributed by atoms with Gasteiger partial charge >= 0.3 is 6.03 Å². The Bertz CT molecular complexity index is 464. The third-order valence-electron chi connectivity index (χ3n) is 2.81. The number of nitrogens with one attached hydrogen (secondary N) is 1. The van der Waals surface area contributed by atoms with Crippen LogP contribution in [0.4, 0.5) is 4.79 Å². The van der Waals surface area contributed by atoms with Crippen molar-refractivity contribution in [3.8, 4) is 5.75 Å². The molecule has 0 radical (unpaired) electrons. The van der Waals surface area contributed by atoms with Gasteiger partial charge in [0.25, 0.3) is 0 Å². The van der Waals surface area contributed by atoms with Crippen LogP contribution in [0, 0.1) is 0 Å². The van der Waals surface area contributed by atoms with Crippen LogP contribution in [0.3, 0.4) is 0 Å². The minimum Gasteiger partial charge on any atom is -0.492 e. The fourth-order valence-electron chi connectivity index (χ4n) is 1.46. The molecule has 0 saturated carbocycles. The van der Waals surface area contributed by atoms with E-state index < -0.39 is 18.0 Å². The van der Waals surface area contributed by atoms with Gasteiger partial charge < -0.3 is 10.5 Å². The summed E-state index contributed by atoms with van der Waals surface area (Å²) in [7, 11) is 1.77. The highest BCUT2D eigenvalue weighted by Gasteiger charge is 2.18. The second-order valence-electron chi connectivity index (χ2n) is 4.31. The normalized spacial score (nSPS) is 12.0. The number of benzene rings is 1. The van der Waals surface area contributed by atoms with E-state index >= 15 is 0 Å². The summed E-state index contributed by atoms with van der Waals surface area (Å²) >= 11 is 3.35. The summed E-state index contributed by atoms with van der Waals surface area (Å²) in [6.45, 7) is 2.67. The van der Waals surface area contributed by atoms with E-state index in [0.717, 1.165) is 10.2 Å². The number of nitrogens with zero attached hydrogens (tertiary/aromatic N) is 1. The highest BCUT2D eigenvalue weighted by Crippen LogP contribution is 2.15. The van der Waals surface area contributed by atoms with Crippen LogP contribution in [-0.4, -0.2) is 43.1 Å². The van der Waals surface area contributed by atoms with Crippen molar-refractivity contribution in [1.29, 1.82) is 0 Å². The zero-order valence-corrected chi connectivity index (χ0v) is 13.0. The molecule has 0 fully saturated rings. The number of hydrogen-bond donors (Lipinski definition) is 2. The number of likely N-dealkylation sites (N-methyl/N-ethyl adjacent to an activating group) is 1. The first-order chi connectivity index (χ1) is 9.40. The van der Waals surface area contributed by atoms with E-state index in [1.54, 1.807) is 18.9 Å². The summed E-state index contributed by atoms with van der Waals surface area (Å²) in [4.78, 5) is 23.9. The van der Waals surface area contributed by atoms with Gasteiger partial charge in [0.05, 0.1) is 6.04 Å². The standard InChI is InChI=1S/C13H18BrN3O3/c1-9(12(18)16-13(15)19)17(2)7-8-20-11-5-3-10(14)4-6-11/h3-6,9H,7-8H2,1-2H3,(H3,15,16,18,19)/t9-/m1/s1. The molecule has 0 aromatic heterocycles. The van der Waals surface area contributed by atoms with Crippen LogP contribution in [0.1, 0.15) is 6.92 Å². The molecular weight excluding hydrogens is 326 g/mol. The van der Waals surface area contributed by atoms with Crippen LogP contribution in [0.5, 0.6) is 5.75 Å². The molecule has 1 rings (SSSR count). The van der Waals surface area contributed by atoms with Crippen molar-refractivity contribution in [3.63, 3.8) is 0 Å². The van der Waals surface area contributed by atoms with E-state index in [1.165, 1.54) is 0 Å². The van der Waals surface area contributed by atoms with Gasteiger partial charge in [0.15, 0.2) is 0 Å². The average Bonchev–Trinajstić information content (AvgIpc) is 2.39. The van der Waals surface area contributed by atoms with Gasteiger partial charge in [0, 0.05) is 11.0 Å². The first kappa shape index (κ1) is 16.5. The second-order valence-corrected chi connectivity index (χ2v) is 5.23. The van der Waals surface area contributed by atoms with Crippen LogP contribution in [-0.2, 0) is 4.79 Å². The molecular formula is C13H18BrN3O3. The highest BCUT2D eigenvalue weighted by molar-refractivity contribution is 9.10. The summed E-state index contributed by atoms with van der Waals surface area (Å²) < 4.78 is 6.54. The van der Waals surface area contributed by atoms with Crippen molar-refractivity contribution >= 4 is 27.9 Å². The molecule has 0 spiro atoms. The van der Waals surface area contributed by atoms with Gasteiger partial charge in [0.2, 0.25) is 5.91 Å². The molecule has 3 N–H and O–H groups in total. The second kappa shape index (κ2) is 7.86. The van der Waals surface area contributed by atoms with E-state index in [1.807, 2.05) is 24.3 Å². The summed E-state index contributed by atoms with van der Waals surface area (Å²) in [6, 6.07) is 6.18. The number of primary amides is 1. The van der Waals surface area contributed by atoms with E-state index in [9.17, 15) is 9.59 Å². The molecule has 1 aromatic rings. The summed E-state index contributed by atoms with van der Waals surface area (Å²) in [5.41, 5.74) is 4.90. The topological polar surface area (TPSA) is 84.7 Å². The van der Waals surface area contributed by atoms with Crippen molar-refractivity contribution in [2.75, 3.05) is 20.2 Å². The molecule has 0 saturated heterocycles.